The van der Waals surface area contributed by atoms with Gasteiger partial charge in [0.25, 0.3) is 0 Å². The Kier molecular flexibility index (Phi) is 4.78. The van der Waals surface area contributed by atoms with Crippen molar-refractivity contribution in [2.45, 2.75) is 26.4 Å². The molecule has 1 amide bonds. The molecule has 23 heavy (non-hydrogen) atoms. The number of carbonyl (C=O) groups excluding carboxylic acids is 1. The molecule has 0 aliphatic heterocycles. The van der Waals surface area contributed by atoms with Gasteiger partial charge in [-0.15, -0.1) is 0 Å². The molecule has 1 heterocycles. The highest BCUT2D eigenvalue weighted by Crippen LogP contribution is 2.23. The van der Waals surface area contributed by atoms with E-state index in [0.29, 0.717) is 5.69 Å². The fourth-order valence-electron chi connectivity index (χ4n) is 1.71. The van der Waals surface area contributed by atoms with E-state index in [9.17, 15) is 13.6 Å². The van der Waals surface area contributed by atoms with E-state index in [4.69, 9.17) is 4.74 Å². The summed E-state index contributed by atoms with van der Waals surface area (Å²) in [7, 11) is 0. The zero-order chi connectivity index (χ0) is 17.0. The fraction of sp³-hybridized carbons (Fsp3) is 0.250. The summed E-state index contributed by atoms with van der Waals surface area (Å²) in [5, 5.41) is 5.07. The molecule has 1 aromatic heterocycles. The Morgan fingerprint density at radius 1 is 1.13 bits per heavy atom. The maximum atomic E-state index is 13.5. The molecular weight excluding hydrogens is 304 g/mol. The molecule has 2 N–H and O–H groups in total. The summed E-state index contributed by atoms with van der Waals surface area (Å²) in [5.74, 6) is -1.15. The Hall–Kier alpha value is -2.70. The monoisotopic (exact) mass is 321 g/mol. The second kappa shape index (κ2) is 6.60. The molecule has 0 radical (unpaired) electrons. The van der Waals surface area contributed by atoms with Gasteiger partial charge in [-0.3, -0.25) is 5.32 Å². The highest BCUT2D eigenvalue weighted by molar-refractivity contribution is 5.83. The summed E-state index contributed by atoms with van der Waals surface area (Å²) in [6.45, 7) is 5.24. The summed E-state index contributed by atoms with van der Waals surface area (Å²) < 4.78 is 32.2. The largest absolute Gasteiger partial charge is 0.444 e. The van der Waals surface area contributed by atoms with E-state index in [1.54, 1.807) is 20.8 Å². The maximum Gasteiger partial charge on any atom is 0.413 e. The number of rotatable bonds is 3. The first-order valence-electron chi connectivity index (χ1n) is 6.92. The predicted molar refractivity (Wildman–Crippen MR) is 83.7 cm³/mol. The van der Waals surface area contributed by atoms with Crippen molar-refractivity contribution in [1.29, 1.82) is 0 Å². The van der Waals surface area contributed by atoms with Crippen molar-refractivity contribution < 1.29 is 18.3 Å². The normalized spacial score (nSPS) is 11.0. The van der Waals surface area contributed by atoms with Crippen LogP contribution in [0.5, 0.6) is 0 Å². The first kappa shape index (κ1) is 16.7. The van der Waals surface area contributed by atoms with Crippen LogP contribution in [0, 0.1) is 11.6 Å². The van der Waals surface area contributed by atoms with E-state index in [1.807, 2.05) is 0 Å². The van der Waals surface area contributed by atoms with Crippen molar-refractivity contribution >= 4 is 23.3 Å². The summed E-state index contributed by atoms with van der Waals surface area (Å²) in [5.41, 5.74) is -0.501. The van der Waals surface area contributed by atoms with E-state index >= 15 is 0 Å². The molecule has 0 bridgehead atoms. The van der Waals surface area contributed by atoms with E-state index in [0.717, 1.165) is 12.1 Å². The molecule has 0 saturated heterocycles. The highest BCUT2D eigenvalue weighted by Gasteiger charge is 2.16. The Balaban J connectivity index is 2.04. The number of anilines is 3. The average Bonchev–Trinajstić information content (AvgIpc) is 2.43. The molecule has 0 saturated carbocycles. The van der Waals surface area contributed by atoms with Crippen LogP contribution in [0.25, 0.3) is 0 Å². The quantitative estimate of drug-likeness (QED) is 0.876. The number of pyridine rings is 1. The molecule has 1 aromatic carbocycles. The lowest BCUT2D eigenvalue weighted by molar-refractivity contribution is 0.0635. The van der Waals surface area contributed by atoms with E-state index in [-0.39, 0.29) is 11.5 Å². The molecule has 5 nitrogen and oxygen atoms in total. The summed E-state index contributed by atoms with van der Waals surface area (Å²) >= 11 is 0. The van der Waals surface area contributed by atoms with Gasteiger partial charge >= 0.3 is 6.09 Å². The number of hydrogen-bond acceptors (Lipinski definition) is 4. The lowest BCUT2D eigenvalue weighted by Gasteiger charge is -2.19. The number of benzene rings is 1. The summed E-state index contributed by atoms with van der Waals surface area (Å²) in [6.07, 6.45) is 0.712. The molecule has 2 aromatic rings. The van der Waals surface area contributed by atoms with Gasteiger partial charge in [0.2, 0.25) is 0 Å². The second-order valence-corrected chi connectivity index (χ2v) is 5.78. The smallest absolute Gasteiger partial charge is 0.413 e. The van der Waals surface area contributed by atoms with Gasteiger partial charge in [0.05, 0.1) is 11.9 Å². The van der Waals surface area contributed by atoms with Gasteiger partial charge < -0.3 is 10.1 Å². The zero-order valence-electron chi connectivity index (χ0n) is 13.0. The molecule has 0 spiro atoms. The van der Waals surface area contributed by atoms with Gasteiger partial charge in [-0.05, 0) is 45.0 Å². The van der Waals surface area contributed by atoms with E-state index < -0.39 is 23.3 Å². The third kappa shape index (κ3) is 4.91. The lowest BCUT2D eigenvalue weighted by atomic mass is 10.2. The fourth-order valence-corrected chi connectivity index (χ4v) is 1.71. The Morgan fingerprint density at radius 3 is 2.30 bits per heavy atom. The predicted octanol–water partition coefficient (Wildman–Crippen LogP) is 4.45. The first-order chi connectivity index (χ1) is 10.7. The number of amides is 1. The highest BCUT2D eigenvalue weighted by atomic mass is 19.1. The van der Waals surface area contributed by atoms with Gasteiger partial charge in [-0.1, -0.05) is 6.07 Å². The number of carbonyl (C=O) groups is 1. The molecule has 2 rings (SSSR count). The van der Waals surface area contributed by atoms with Crippen LogP contribution in [-0.2, 0) is 4.74 Å². The minimum absolute atomic E-state index is 0.262. The van der Waals surface area contributed by atoms with Gasteiger partial charge in [0, 0.05) is 0 Å². The van der Waals surface area contributed by atoms with Gasteiger partial charge in [0.15, 0.2) is 0 Å². The summed E-state index contributed by atoms with van der Waals surface area (Å²) in [4.78, 5) is 15.6. The van der Waals surface area contributed by atoms with Crippen LogP contribution < -0.4 is 10.6 Å². The van der Waals surface area contributed by atoms with Crippen LogP contribution in [0.4, 0.5) is 30.8 Å². The second-order valence-electron chi connectivity index (χ2n) is 5.78. The molecule has 0 fully saturated rings. The number of ether oxygens (including phenoxy) is 1. The molecule has 122 valence electrons. The maximum absolute atomic E-state index is 13.5. The van der Waals surface area contributed by atoms with Crippen LogP contribution in [0.2, 0.25) is 0 Å². The zero-order valence-corrected chi connectivity index (χ0v) is 13.0. The van der Waals surface area contributed by atoms with Crippen LogP contribution in [0.3, 0.4) is 0 Å². The first-order valence-corrected chi connectivity index (χ1v) is 6.92. The summed E-state index contributed by atoms with van der Waals surface area (Å²) in [6, 6.07) is 6.60. The molecule has 0 aliphatic rings. The van der Waals surface area contributed by atoms with Crippen molar-refractivity contribution in [3.8, 4) is 0 Å². The number of hydrogen-bond donors (Lipinski definition) is 2. The Morgan fingerprint density at radius 2 is 1.78 bits per heavy atom. The number of para-hydroxylation sites is 1. The molecule has 0 atom stereocenters. The van der Waals surface area contributed by atoms with Crippen molar-refractivity contribution in [3.63, 3.8) is 0 Å². The third-order valence-electron chi connectivity index (χ3n) is 2.62. The van der Waals surface area contributed by atoms with Crippen molar-refractivity contribution in [2.24, 2.45) is 0 Å². The van der Waals surface area contributed by atoms with Gasteiger partial charge in [-0.2, -0.15) is 0 Å². The van der Waals surface area contributed by atoms with E-state index in [1.165, 1.54) is 24.4 Å². The average molecular weight is 321 g/mol. The number of nitrogens with one attached hydrogen (secondary N) is 2. The molecule has 7 heteroatoms. The van der Waals surface area contributed by atoms with E-state index in [2.05, 4.69) is 15.6 Å². The third-order valence-corrected chi connectivity index (χ3v) is 2.62. The Bertz CT molecular complexity index is 677. The molecule has 0 unspecified atom stereocenters. The lowest BCUT2D eigenvalue weighted by Crippen LogP contribution is -2.27. The van der Waals surface area contributed by atoms with Crippen molar-refractivity contribution in [2.75, 3.05) is 10.6 Å². The SMILES string of the molecule is CC(C)(C)OC(=O)Nc1ccc(Nc2c(F)cccc2F)cn1. The topological polar surface area (TPSA) is 63.2 Å². The standard InChI is InChI=1S/C16H17F2N3O2/c1-16(2,3)23-15(22)21-13-8-7-10(9-19-13)20-14-11(17)5-4-6-12(14)18/h4-9,20H,1-3H3,(H,19,21,22). The van der Waals surface area contributed by atoms with Crippen LogP contribution >= 0.6 is 0 Å². The van der Waals surface area contributed by atoms with Crippen molar-refractivity contribution in [1.82, 2.24) is 4.98 Å². The van der Waals surface area contributed by atoms with Crippen LogP contribution in [0.15, 0.2) is 36.5 Å². The van der Waals surface area contributed by atoms with Crippen LogP contribution in [0.1, 0.15) is 20.8 Å². The minimum Gasteiger partial charge on any atom is -0.444 e. The number of halogens is 2. The number of nitrogens with zero attached hydrogens (tertiary/aromatic N) is 1. The van der Waals surface area contributed by atoms with Gasteiger partial charge in [-0.25, -0.2) is 18.6 Å². The van der Waals surface area contributed by atoms with Gasteiger partial charge in [0.1, 0.15) is 28.7 Å². The van der Waals surface area contributed by atoms with Crippen LogP contribution in [-0.4, -0.2) is 16.7 Å². The van der Waals surface area contributed by atoms with Crippen molar-refractivity contribution in [3.05, 3.63) is 48.2 Å². The molecular formula is C16H17F2N3O2. The number of aromatic nitrogens is 1. The molecule has 0 aliphatic carbocycles. The Labute approximate surface area is 132 Å². The minimum atomic E-state index is -0.707.